The van der Waals surface area contributed by atoms with E-state index < -0.39 is 51.7 Å². The molecule has 1 aliphatic heterocycles. The fourth-order valence-electron chi connectivity index (χ4n) is 3.92. The smallest absolute Gasteiger partial charge is 0.387 e. The first kappa shape index (κ1) is 26.5. The molecule has 1 aliphatic rings. The molecule has 5 N–H and O–H groups in total. The molecule has 20 heteroatoms. The van der Waals surface area contributed by atoms with E-state index >= 15 is 0 Å². The maximum atomic E-state index is 11.7. The molecule has 0 saturated carbocycles. The predicted octanol–water partition coefficient (Wildman–Crippen LogP) is 0.500. The van der Waals surface area contributed by atoms with Gasteiger partial charge in [-0.05, 0) is 12.1 Å². The van der Waals surface area contributed by atoms with Crippen molar-refractivity contribution >= 4 is 38.1 Å². The number of benzene rings is 1. The Labute approximate surface area is 210 Å². The summed E-state index contributed by atoms with van der Waals surface area (Å²) in [5.41, 5.74) is 1.88. The van der Waals surface area contributed by atoms with Crippen molar-refractivity contribution in [2.45, 2.75) is 24.5 Å². The molecule has 18 nitrogen and oxygen atoms in total. The maximum Gasteiger partial charge on any atom is 0.481 e. The molecule has 0 spiro atoms. The third-order valence-electron chi connectivity index (χ3n) is 5.61. The van der Waals surface area contributed by atoms with Gasteiger partial charge in [0.05, 0.1) is 23.6 Å². The van der Waals surface area contributed by atoms with Gasteiger partial charge in [-0.2, -0.15) is 4.31 Å². The van der Waals surface area contributed by atoms with E-state index in [1.54, 1.807) is 22.7 Å². The van der Waals surface area contributed by atoms with Crippen LogP contribution in [0.25, 0.3) is 28.1 Å². The van der Waals surface area contributed by atoms with Crippen molar-refractivity contribution in [3.05, 3.63) is 53.2 Å². The van der Waals surface area contributed by atoms with Crippen molar-refractivity contribution < 1.29 is 52.5 Å². The number of nitro groups is 1. The highest BCUT2D eigenvalue weighted by atomic mass is 31.3. The summed E-state index contributed by atoms with van der Waals surface area (Å²) in [6, 6.07) is 5.79. The molecule has 38 heavy (non-hydrogen) atoms. The first-order valence-corrected chi connectivity index (χ1v) is 13.6. The minimum atomic E-state index is -5.35. The molecule has 202 valence electrons. The molecule has 0 bridgehead atoms. The molecule has 1 aromatic carbocycles. The van der Waals surface area contributed by atoms with E-state index in [2.05, 4.69) is 23.8 Å². The minimum Gasteiger partial charge on any atom is -0.387 e. The highest BCUT2D eigenvalue weighted by molar-refractivity contribution is 7.60. The average Bonchev–Trinajstić information content (AvgIpc) is 3.52. The summed E-state index contributed by atoms with van der Waals surface area (Å²) >= 11 is 0. The summed E-state index contributed by atoms with van der Waals surface area (Å²) in [5.74, 6) is 0. The zero-order chi connectivity index (χ0) is 27.4. The zero-order valence-corrected chi connectivity index (χ0v) is 20.5. The Morgan fingerprint density at radius 2 is 1.76 bits per heavy atom. The third-order valence-corrected chi connectivity index (χ3v) is 7.76. The fourth-order valence-corrected chi connectivity index (χ4v) is 5.51. The van der Waals surface area contributed by atoms with Crippen LogP contribution >= 0.6 is 15.6 Å². The number of ether oxygens (including phenoxy) is 1. The van der Waals surface area contributed by atoms with Crippen LogP contribution in [0.15, 0.2) is 43.1 Å². The van der Waals surface area contributed by atoms with E-state index in [4.69, 9.17) is 14.5 Å². The lowest BCUT2D eigenvalue weighted by Gasteiger charge is -2.17. The summed E-state index contributed by atoms with van der Waals surface area (Å²) in [6.45, 7) is -0.855. The number of hydrogen-bond acceptors (Lipinski definition) is 12. The van der Waals surface area contributed by atoms with Crippen LogP contribution in [0.4, 0.5) is 5.69 Å². The zero-order valence-electron chi connectivity index (χ0n) is 18.7. The number of imidazole rings is 2. The van der Waals surface area contributed by atoms with Crippen LogP contribution in [-0.2, 0) is 22.7 Å². The molecule has 1 fully saturated rings. The molecule has 1 unspecified atom stereocenters. The van der Waals surface area contributed by atoms with Crippen molar-refractivity contribution in [3.8, 4) is 11.3 Å². The number of aliphatic hydroxyl groups excluding tert-OH is 2. The number of rotatable bonds is 8. The molecular weight excluding hydrogens is 554 g/mol. The maximum absolute atomic E-state index is 11.7. The van der Waals surface area contributed by atoms with Gasteiger partial charge in [0.15, 0.2) is 23.0 Å². The van der Waals surface area contributed by atoms with Crippen LogP contribution in [0.3, 0.4) is 0 Å². The van der Waals surface area contributed by atoms with Gasteiger partial charge < -0.3 is 29.6 Å². The van der Waals surface area contributed by atoms with Gasteiger partial charge in [-0.3, -0.25) is 23.6 Å². The van der Waals surface area contributed by atoms with Crippen LogP contribution in [0.5, 0.6) is 0 Å². The second-order valence-electron chi connectivity index (χ2n) is 8.11. The van der Waals surface area contributed by atoms with Crippen LogP contribution in [0, 0.1) is 10.1 Å². The largest absolute Gasteiger partial charge is 0.481 e. The molecule has 0 amide bonds. The normalized spacial score (nSPS) is 23.7. The van der Waals surface area contributed by atoms with Gasteiger partial charge >= 0.3 is 15.6 Å². The number of phosphoric ester groups is 1. The van der Waals surface area contributed by atoms with Crippen LogP contribution in [-0.4, -0.2) is 78.7 Å². The highest BCUT2D eigenvalue weighted by Crippen LogP contribution is 2.57. The van der Waals surface area contributed by atoms with Crippen LogP contribution < -0.4 is 0 Å². The Balaban J connectivity index is 1.39. The number of phosphoric acid groups is 2. The van der Waals surface area contributed by atoms with Gasteiger partial charge in [0.1, 0.15) is 24.6 Å². The SMILES string of the molecule is O=[N+]([O-])c1ccc(-c2cn3cnc4c(ncn4[C@@H]4O[C@H](COP(=O)(O)OP(=O)(O)O)[C@@H](O)[C@H]4O)c3n2)cc1. The molecule has 1 saturated heterocycles. The number of nitrogens with zero attached hydrogens (tertiary/aromatic N) is 6. The van der Waals surface area contributed by atoms with Crippen LogP contribution in [0.1, 0.15) is 6.23 Å². The molecule has 4 aromatic rings. The second-order valence-corrected chi connectivity index (χ2v) is 10.9. The number of aromatic nitrogens is 5. The molecule has 4 heterocycles. The summed E-state index contributed by atoms with van der Waals surface area (Å²) in [5, 5.41) is 31.8. The van der Waals surface area contributed by atoms with Crippen molar-refractivity contribution in [1.82, 2.24) is 23.9 Å². The molecule has 3 aromatic heterocycles. The Hall–Kier alpha value is -3.15. The van der Waals surface area contributed by atoms with Gasteiger partial charge in [-0.15, -0.1) is 0 Å². The second kappa shape index (κ2) is 9.55. The van der Waals surface area contributed by atoms with E-state index in [1.807, 2.05) is 0 Å². The lowest BCUT2D eigenvalue weighted by atomic mass is 10.1. The molecule has 5 rings (SSSR count). The van der Waals surface area contributed by atoms with Crippen molar-refractivity contribution in [2.75, 3.05) is 6.61 Å². The van der Waals surface area contributed by atoms with Gasteiger partial charge in [0.2, 0.25) is 0 Å². The number of aliphatic hydroxyl groups is 2. The van der Waals surface area contributed by atoms with Gasteiger partial charge in [0.25, 0.3) is 5.69 Å². The Kier molecular flexibility index (Phi) is 6.65. The van der Waals surface area contributed by atoms with E-state index in [0.717, 1.165) is 0 Å². The predicted molar refractivity (Wildman–Crippen MR) is 123 cm³/mol. The van der Waals surface area contributed by atoms with E-state index in [1.165, 1.54) is 29.4 Å². The topological polar surface area (TPSA) is 254 Å². The molecule has 0 aliphatic carbocycles. The van der Waals surface area contributed by atoms with Gasteiger partial charge in [0, 0.05) is 23.9 Å². The Morgan fingerprint density at radius 1 is 1.05 bits per heavy atom. The Morgan fingerprint density at radius 3 is 2.42 bits per heavy atom. The first-order valence-electron chi connectivity index (χ1n) is 10.5. The summed E-state index contributed by atoms with van der Waals surface area (Å²) in [7, 11) is -10.5. The number of non-ortho nitro benzene ring substituents is 1. The van der Waals surface area contributed by atoms with Crippen molar-refractivity contribution in [2.24, 2.45) is 0 Å². The molecule has 0 radical (unpaired) electrons. The van der Waals surface area contributed by atoms with Crippen LogP contribution in [0.2, 0.25) is 0 Å². The van der Waals surface area contributed by atoms with E-state index in [0.29, 0.717) is 22.4 Å². The average molecular weight is 572 g/mol. The fraction of sp³-hybridized carbons (Fsp3) is 0.278. The van der Waals surface area contributed by atoms with Gasteiger partial charge in [-0.25, -0.2) is 24.1 Å². The highest BCUT2D eigenvalue weighted by Gasteiger charge is 2.46. The minimum absolute atomic E-state index is 0.0718. The summed E-state index contributed by atoms with van der Waals surface area (Å²) < 4.78 is 39.1. The molecule has 5 atom stereocenters. The summed E-state index contributed by atoms with van der Waals surface area (Å²) in [6.07, 6.45) is -1.53. The van der Waals surface area contributed by atoms with Crippen molar-refractivity contribution in [1.29, 1.82) is 0 Å². The van der Waals surface area contributed by atoms with Crippen molar-refractivity contribution in [3.63, 3.8) is 0 Å². The standard InChI is InChI=1S/C18H18N6O12P2/c25-14-12(6-34-38(32,33)36-37(29,30)31)35-18(15(14)26)23-8-19-13-16(23)20-7-22-5-11(21-17(13)22)9-1-3-10(4-2-9)24(27)28/h1-5,7-8,12,14-15,18,25-26H,6H2,(H,32,33)(H2,29,30,31)/t12-,14-,15-,18-/m1/s1. The lowest BCUT2D eigenvalue weighted by Crippen LogP contribution is -2.33. The van der Waals surface area contributed by atoms with E-state index in [9.17, 15) is 34.4 Å². The molecular formula is C18H18N6O12P2. The monoisotopic (exact) mass is 572 g/mol. The number of hydrogen-bond donors (Lipinski definition) is 5. The van der Waals surface area contributed by atoms with E-state index in [-0.39, 0.29) is 11.3 Å². The third kappa shape index (κ3) is 5.10. The van der Waals surface area contributed by atoms with Gasteiger partial charge in [-0.1, -0.05) is 0 Å². The lowest BCUT2D eigenvalue weighted by molar-refractivity contribution is -0.384. The Bertz CT molecular complexity index is 1620. The quantitative estimate of drug-likeness (QED) is 0.109. The number of fused-ring (bicyclic) bond motifs is 3. The summed E-state index contributed by atoms with van der Waals surface area (Å²) in [4.78, 5) is 50.3. The number of nitro benzene ring substituents is 1. The first-order chi connectivity index (χ1) is 17.8.